The molecule has 2 heterocycles. The van der Waals surface area contributed by atoms with Gasteiger partial charge in [-0.05, 0) is 73.1 Å². The summed E-state index contributed by atoms with van der Waals surface area (Å²) in [5.74, 6) is 1.01. The third-order valence-electron chi connectivity index (χ3n) is 7.16. The molecule has 0 aliphatic carbocycles. The summed E-state index contributed by atoms with van der Waals surface area (Å²) in [6, 6.07) is 10.9. The number of hydrogen-bond acceptors (Lipinski definition) is 6. The number of aromatic nitrogens is 2. The van der Waals surface area contributed by atoms with Crippen LogP contribution in [0.25, 0.3) is 0 Å². The zero-order valence-corrected chi connectivity index (χ0v) is 24.8. The number of carbonyl (C=O) groups excluding carboxylic acids is 1. The summed E-state index contributed by atoms with van der Waals surface area (Å²) in [4.78, 5) is 22.7. The molecule has 0 fully saturated rings. The summed E-state index contributed by atoms with van der Waals surface area (Å²) in [5, 5.41) is 0. The topological polar surface area (TPSA) is 64.6 Å². The van der Waals surface area contributed by atoms with E-state index in [0.29, 0.717) is 25.5 Å². The highest BCUT2D eigenvalue weighted by molar-refractivity contribution is 5.73. The van der Waals surface area contributed by atoms with E-state index in [0.717, 1.165) is 65.8 Å². The maximum Gasteiger partial charge on any atom is 0.416 e. The molecule has 1 unspecified atom stereocenters. The zero-order chi connectivity index (χ0) is 30.7. The first-order chi connectivity index (χ1) is 20.0. The van der Waals surface area contributed by atoms with Crippen LogP contribution in [0.4, 0.5) is 19.1 Å². The number of ether oxygens (including phenoxy) is 2. The van der Waals surface area contributed by atoms with Gasteiger partial charge in [0.2, 0.25) is 5.95 Å². The van der Waals surface area contributed by atoms with E-state index in [1.165, 1.54) is 24.8 Å². The Morgan fingerprint density at radius 2 is 1.76 bits per heavy atom. The van der Waals surface area contributed by atoms with Crippen LogP contribution < -0.4 is 9.64 Å². The van der Waals surface area contributed by atoms with Gasteiger partial charge >= 0.3 is 12.1 Å². The fourth-order valence-corrected chi connectivity index (χ4v) is 4.41. The molecule has 0 N–H and O–H groups in total. The van der Waals surface area contributed by atoms with Gasteiger partial charge in [0.1, 0.15) is 11.9 Å². The van der Waals surface area contributed by atoms with Crippen molar-refractivity contribution in [3.05, 3.63) is 94.8 Å². The lowest BCUT2D eigenvalue weighted by molar-refractivity contribution is -0.140. The van der Waals surface area contributed by atoms with Gasteiger partial charge in [0.05, 0.1) is 19.1 Å². The number of benzene rings is 2. The smallest absolute Gasteiger partial charge is 0.416 e. The van der Waals surface area contributed by atoms with Crippen molar-refractivity contribution >= 4 is 11.9 Å². The fraction of sp³-hybridized carbons (Fsp3) is 0.424. The molecule has 0 radical (unpaired) electrons. The molecule has 42 heavy (non-hydrogen) atoms. The van der Waals surface area contributed by atoms with Crippen LogP contribution in [0.5, 0.6) is 5.75 Å². The highest BCUT2D eigenvalue weighted by Gasteiger charge is 2.30. The number of alkyl halides is 3. The number of hydrogen-bond donors (Lipinski definition) is 0. The molecule has 3 aromatic rings. The quantitative estimate of drug-likeness (QED) is 0.182. The molecular weight excluding hydrogens is 543 g/mol. The summed E-state index contributed by atoms with van der Waals surface area (Å²) in [7, 11) is 1.38. The second-order valence-electron chi connectivity index (χ2n) is 10.4. The number of esters is 1. The maximum absolute atomic E-state index is 13.0. The first kappa shape index (κ1) is 32.6. The van der Waals surface area contributed by atoms with E-state index in [9.17, 15) is 18.0 Å². The predicted octanol–water partition coefficient (Wildman–Crippen LogP) is 7.54. The van der Waals surface area contributed by atoms with E-state index in [1.807, 2.05) is 36.9 Å². The molecule has 6 nitrogen and oxygen atoms in total. The van der Waals surface area contributed by atoms with Gasteiger partial charge in [0.25, 0.3) is 0 Å². The second kappa shape index (κ2) is 15.4. The number of allylic oxidation sites excluding steroid dienone is 1. The van der Waals surface area contributed by atoms with Crippen molar-refractivity contribution in [3.63, 3.8) is 0 Å². The van der Waals surface area contributed by atoms with Gasteiger partial charge in [-0.1, -0.05) is 43.7 Å². The highest BCUT2D eigenvalue weighted by Crippen LogP contribution is 2.32. The molecule has 1 aliphatic heterocycles. The van der Waals surface area contributed by atoms with E-state index < -0.39 is 11.7 Å². The number of fused-ring (bicyclic) bond motifs is 1. The summed E-state index contributed by atoms with van der Waals surface area (Å²) >= 11 is 0. The van der Waals surface area contributed by atoms with Crippen molar-refractivity contribution in [2.75, 3.05) is 18.6 Å². The SMILES string of the molecule is C=C(C)CC.CCc1cnc(N(CCC2CCc3c(CC(=O)OC)cccc3O2)Cc2ccc(C(F)(F)F)cc2)nc1. The predicted molar refractivity (Wildman–Crippen MR) is 159 cm³/mol. The molecule has 9 heteroatoms. The first-order valence-corrected chi connectivity index (χ1v) is 14.2. The van der Waals surface area contributed by atoms with E-state index >= 15 is 0 Å². The number of methoxy groups -OCH3 is 1. The van der Waals surface area contributed by atoms with Crippen molar-refractivity contribution in [3.8, 4) is 5.75 Å². The van der Waals surface area contributed by atoms with Gasteiger partial charge in [-0.25, -0.2) is 9.97 Å². The number of halogens is 3. The maximum atomic E-state index is 13.0. The molecular formula is C33H40F3N3O3. The summed E-state index contributed by atoms with van der Waals surface area (Å²) in [6.07, 6.45) is 3.51. The van der Waals surface area contributed by atoms with Crippen molar-refractivity contribution in [2.45, 2.75) is 78.1 Å². The Balaban J connectivity index is 0.000000892. The minimum absolute atomic E-state index is 0.0501. The Bertz CT molecular complexity index is 1310. The van der Waals surface area contributed by atoms with Crippen LogP contribution in [0.3, 0.4) is 0 Å². The largest absolute Gasteiger partial charge is 0.490 e. The number of carbonyl (C=O) groups is 1. The van der Waals surface area contributed by atoms with Crippen LogP contribution in [0, 0.1) is 0 Å². The summed E-state index contributed by atoms with van der Waals surface area (Å²) < 4.78 is 50.0. The van der Waals surface area contributed by atoms with E-state index in [2.05, 4.69) is 23.5 Å². The third-order valence-corrected chi connectivity index (χ3v) is 7.16. The lowest BCUT2D eigenvalue weighted by Crippen LogP contribution is -2.32. The lowest BCUT2D eigenvalue weighted by Gasteiger charge is -2.30. The summed E-state index contributed by atoms with van der Waals surface area (Å²) in [5.41, 5.74) is 4.27. The van der Waals surface area contributed by atoms with Crippen molar-refractivity contribution in [1.29, 1.82) is 0 Å². The zero-order valence-electron chi connectivity index (χ0n) is 24.8. The number of rotatable bonds is 10. The van der Waals surface area contributed by atoms with Crippen LogP contribution in [0.1, 0.15) is 67.9 Å². The monoisotopic (exact) mass is 583 g/mol. The van der Waals surface area contributed by atoms with Gasteiger partial charge in [-0.3, -0.25) is 4.79 Å². The average molecular weight is 584 g/mol. The highest BCUT2D eigenvalue weighted by atomic mass is 19.4. The molecule has 0 bridgehead atoms. The normalized spacial score (nSPS) is 14.1. The van der Waals surface area contributed by atoms with E-state index in [4.69, 9.17) is 9.47 Å². The molecule has 0 amide bonds. The van der Waals surface area contributed by atoms with Crippen molar-refractivity contribution < 1.29 is 27.4 Å². The Morgan fingerprint density at radius 3 is 2.33 bits per heavy atom. The van der Waals surface area contributed by atoms with Crippen LogP contribution in [0.15, 0.2) is 67.0 Å². The van der Waals surface area contributed by atoms with E-state index in [-0.39, 0.29) is 18.5 Å². The molecule has 226 valence electrons. The van der Waals surface area contributed by atoms with Crippen LogP contribution in [0.2, 0.25) is 0 Å². The van der Waals surface area contributed by atoms with Gasteiger partial charge in [0.15, 0.2) is 0 Å². The lowest BCUT2D eigenvalue weighted by atomic mass is 9.94. The molecule has 2 aromatic carbocycles. The second-order valence-corrected chi connectivity index (χ2v) is 10.4. The van der Waals surface area contributed by atoms with Gasteiger partial charge in [-0.15, -0.1) is 6.58 Å². The van der Waals surface area contributed by atoms with Crippen LogP contribution >= 0.6 is 0 Å². The molecule has 1 atom stereocenters. The Morgan fingerprint density at radius 1 is 1.10 bits per heavy atom. The van der Waals surface area contributed by atoms with E-state index in [1.54, 1.807) is 12.4 Å². The standard InChI is InChI=1S/C28H30F3N3O3.C5H10/c1-3-19-16-32-27(33-17-19)34(18-20-7-9-22(10-8-20)28(29,30)31)14-13-23-11-12-24-21(15-26(35)36-2)5-4-6-25(24)37-23;1-4-5(2)3/h4-10,16-17,23H,3,11-15,18H2,1-2H3;2,4H2,1,3H3. The molecule has 1 aromatic heterocycles. The minimum atomic E-state index is -4.37. The number of aryl methyl sites for hydroxylation is 1. The van der Waals surface area contributed by atoms with Crippen LogP contribution in [-0.4, -0.2) is 35.7 Å². The van der Waals surface area contributed by atoms with Gasteiger partial charge in [0, 0.05) is 31.9 Å². The average Bonchev–Trinajstić information content (AvgIpc) is 2.99. The molecule has 4 rings (SSSR count). The Hall–Kier alpha value is -3.88. The minimum Gasteiger partial charge on any atom is -0.490 e. The van der Waals surface area contributed by atoms with Gasteiger partial charge in [-0.2, -0.15) is 13.2 Å². The molecule has 0 saturated heterocycles. The van der Waals surface area contributed by atoms with Crippen molar-refractivity contribution in [2.24, 2.45) is 0 Å². The molecule has 1 aliphatic rings. The first-order valence-electron chi connectivity index (χ1n) is 14.2. The Labute approximate surface area is 246 Å². The van der Waals surface area contributed by atoms with Crippen LogP contribution in [-0.2, 0) is 41.5 Å². The Kier molecular flexibility index (Phi) is 11.9. The third kappa shape index (κ3) is 9.60. The number of nitrogens with zero attached hydrogens (tertiary/aromatic N) is 3. The fourth-order valence-electron chi connectivity index (χ4n) is 4.41. The molecule has 0 saturated carbocycles. The molecule has 0 spiro atoms. The van der Waals surface area contributed by atoms with Gasteiger partial charge < -0.3 is 14.4 Å². The number of anilines is 1. The van der Waals surface area contributed by atoms with Crippen molar-refractivity contribution in [1.82, 2.24) is 9.97 Å². The summed E-state index contributed by atoms with van der Waals surface area (Å²) in [6.45, 7) is 10.8.